The van der Waals surface area contributed by atoms with Gasteiger partial charge in [-0.05, 0) is 31.9 Å². The van der Waals surface area contributed by atoms with Gasteiger partial charge in [-0.25, -0.2) is 0 Å². The van der Waals surface area contributed by atoms with Gasteiger partial charge in [-0.15, -0.1) is 0 Å². The summed E-state index contributed by atoms with van der Waals surface area (Å²) in [7, 11) is 1.82. The maximum Gasteiger partial charge on any atom is 0.326 e. The predicted molar refractivity (Wildman–Crippen MR) is 61.9 cm³/mol. The van der Waals surface area contributed by atoms with Gasteiger partial charge in [-0.2, -0.15) is 0 Å². The summed E-state index contributed by atoms with van der Waals surface area (Å²) in [5.41, 5.74) is 0.621. The molecule has 86 valence electrons. The van der Waals surface area contributed by atoms with E-state index in [-0.39, 0.29) is 5.97 Å². The third kappa shape index (κ3) is 2.09. The minimum absolute atomic E-state index is 0.120. The monoisotopic (exact) mass is 219 g/mol. The van der Waals surface area contributed by atoms with Crippen LogP contribution in [0.15, 0.2) is 30.3 Å². The van der Waals surface area contributed by atoms with E-state index < -0.39 is 5.54 Å². The van der Waals surface area contributed by atoms with E-state index in [0.29, 0.717) is 6.61 Å². The number of carbonyl (C=O) groups is 1. The third-order valence-corrected chi connectivity index (χ3v) is 3.29. The van der Waals surface area contributed by atoms with E-state index in [2.05, 4.69) is 5.32 Å². The number of carbonyl (C=O) groups excluding carboxylic acids is 1. The van der Waals surface area contributed by atoms with Crippen LogP contribution in [0, 0.1) is 0 Å². The zero-order valence-corrected chi connectivity index (χ0v) is 9.53. The predicted octanol–water partition coefficient (Wildman–Crippen LogP) is 1.87. The van der Waals surface area contributed by atoms with Crippen molar-refractivity contribution in [2.24, 2.45) is 0 Å². The Morgan fingerprint density at radius 3 is 2.56 bits per heavy atom. The molecule has 2 rings (SSSR count). The molecule has 0 saturated heterocycles. The molecule has 16 heavy (non-hydrogen) atoms. The first-order chi connectivity index (χ1) is 7.77. The minimum atomic E-state index is -0.408. The van der Waals surface area contributed by atoms with Crippen LogP contribution in [0.1, 0.15) is 24.8 Å². The molecule has 1 aromatic carbocycles. The summed E-state index contributed by atoms with van der Waals surface area (Å²) < 4.78 is 5.32. The molecule has 0 amide bonds. The molecule has 0 aliphatic heterocycles. The molecule has 0 radical (unpaired) electrons. The van der Waals surface area contributed by atoms with Gasteiger partial charge in [-0.3, -0.25) is 4.79 Å². The van der Waals surface area contributed by atoms with E-state index in [4.69, 9.17) is 4.74 Å². The highest BCUT2D eigenvalue weighted by Crippen LogP contribution is 2.32. The molecule has 0 heterocycles. The Balaban J connectivity index is 1.89. The van der Waals surface area contributed by atoms with E-state index in [1.807, 2.05) is 37.4 Å². The Morgan fingerprint density at radius 2 is 2.06 bits per heavy atom. The molecule has 1 aliphatic carbocycles. The molecule has 0 aromatic heterocycles. The summed E-state index contributed by atoms with van der Waals surface area (Å²) in [5, 5.41) is 3.08. The fourth-order valence-electron chi connectivity index (χ4n) is 1.95. The number of rotatable bonds is 4. The van der Waals surface area contributed by atoms with Crippen molar-refractivity contribution in [3.05, 3.63) is 35.9 Å². The number of nitrogens with one attached hydrogen (secondary N) is 1. The largest absolute Gasteiger partial charge is 0.459 e. The Labute approximate surface area is 95.8 Å². The van der Waals surface area contributed by atoms with Crippen LogP contribution in [0.4, 0.5) is 0 Å². The van der Waals surface area contributed by atoms with Crippen molar-refractivity contribution in [3.63, 3.8) is 0 Å². The average Bonchev–Trinajstić information content (AvgIpc) is 2.27. The van der Waals surface area contributed by atoms with Gasteiger partial charge >= 0.3 is 5.97 Å². The molecule has 1 aliphatic rings. The molecule has 0 spiro atoms. The van der Waals surface area contributed by atoms with Crippen molar-refractivity contribution in [1.82, 2.24) is 5.32 Å². The van der Waals surface area contributed by atoms with Crippen LogP contribution in [-0.2, 0) is 16.1 Å². The quantitative estimate of drug-likeness (QED) is 0.786. The van der Waals surface area contributed by atoms with Gasteiger partial charge in [0, 0.05) is 0 Å². The van der Waals surface area contributed by atoms with Crippen LogP contribution >= 0.6 is 0 Å². The second-order valence-corrected chi connectivity index (χ2v) is 4.25. The molecule has 0 atom stereocenters. The standard InChI is InChI=1S/C13H17NO2/c1-14-13(8-5-9-13)12(15)16-10-11-6-3-2-4-7-11/h2-4,6-7,14H,5,8-10H2,1H3. The van der Waals surface area contributed by atoms with Crippen LogP contribution < -0.4 is 5.32 Å². The van der Waals surface area contributed by atoms with E-state index >= 15 is 0 Å². The lowest BCUT2D eigenvalue weighted by molar-refractivity contribution is -0.156. The summed E-state index contributed by atoms with van der Waals surface area (Å²) in [4.78, 5) is 11.9. The fraction of sp³-hybridized carbons (Fsp3) is 0.462. The van der Waals surface area contributed by atoms with Gasteiger partial charge in [0.2, 0.25) is 0 Å². The number of ether oxygens (including phenoxy) is 1. The summed E-state index contributed by atoms with van der Waals surface area (Å²) in [6.45, 7) is 0.364. The number of benzene rings is 1. The first-order valence-corrected chi connectivity index (χ1v) is 5.67. The molecule has 3 nitrogen and oxygen atoms in total. The van der Waals surface area contributed by atoms with Crippen molar-refractivity contribution < 1.29 is 9.53 Å². The smallest absolute Gasteiger partial charge is 0.326 e. The van der Waals surface area contributed by atoms with Crippen molar-refractivity contribution >= 4 is 5.97 Å². The normalized spacial score (nSPS) is 17.6. The zero-order chi connectivity index (χ0) is 11.4. The summed E-state index contributed by atoms with van der Waals surface area (Å²) in [6.07, 6.45) is 2.87. The van der Waals surface area contributed by atoms with E-state index in [1.165, 1.54) is 0 Å². The molecule has 1 aromatic rings. The first-order valence-electron chi connectivity index (χ1n) is 5.67. The van der Waals surface area contributed by atoms with E-state index in [0.717, 1.165) is 24.8 Å². The SMILES string of the molecule is CNC1(C(=O)OCc2ccccc2)CCC1. The molecule has 0 unspecified atom stereocenters. The molecule has 1 fully saturated rings. The first kappa shape index (κ1) is 11.1. The van der Waals surface area contributed by atoms with Gasteiger partial charge < -0.3 is 10.1 Å². The number of hydrogen-bond donors (Lipinski definition) is 1. The Kier molecular flexibility index (Phi) is 3.25. The summed E-state index contributed by atoms with van der Waals surface area (Å²) >= 11 is 0. The highest BCUT2D eigenvalue weighted by atomic mass is 16.5. The third-order valence-electron chi connectivity index (χ3n) is 3.29. The topological polar surface area (TPSA) is 38.3 Å². The van der Waals surface area contributed by atoms with Crippen LogP contribution in [0.25, 0.3) is 0 Å². The highest BCUT2D eigenvalue weighted by Gasteiger charge is 2.44. The number of esters is 1. The second kappa shape index (κ2) is 4.66. The maximum atomic E-state index is 11.9. The molecule has 1 saturated carbocycles. The molecule has 0 bridgehead atoms. The van der Waals surface area contributed by atoms with Gasteiger partial charge in [0.25, 0.3) is 0 Å². The number of hydrogen-bond acceptors (Lipinski definition) is 3. The Bertz CT molecular complexity index is 352. The summed E-state index contributed by atoms with van der Waals surface area (Å²) in [6, 6.07) is 9.76. The van der Waals surface area contributed by atoms with Crippen molar-refractivity contribution in [3.8, 4) is 0 Å². The molecule has 1 N–H and O–H groups in total. The Morgan fingerprint density at radius 1 is 1.38 bits per heavy atom. The van der Waals surface area contributed by atoms with E-state index in [1.54, 1.807) is 0 Å². The van der Waals surface area contributed by atoms with Gasteiger partial charge in [0.1, 0.15) is 12.1 Å². The van der Waals surface area contributed by atoms with Gasteiger partial charge in [0.15, 0.2) is 0 Å². The molecular weight excluding hydrogens is 202 g/mol. The molecular formula is C13H17NO2. The molecule has 3 heteroatoms. The maximum absolute atomic E-state index is 11.9. The average molecular weight is 219 g/mol. The van der Waals surface area contributed by atoms with Crippen molar-refractivity contribution in [1.29, 1.82) is 0 Å². The van der Waals surface area contributed by atoms with Crippen LogP contribution in [0.3, 0.4) is 0 Å². The lowest BCUT2D eigenvalue weighted by Crippen LogP contribution is -2.56. The highest BCUT2D eigenvalue weighted by molar-refractivity contribution is 5.82. The van der Waals surface area contributed by atoms with Gasteiger partial charge in [0.05, 0.1) is 0 Å². The lowest BCUT2D eigenvalue weighted by Gasteiger charge is -2.38. The van der Waals surface area contributed by atoms with Crippen molar-refractivity contribution in [2.45, 2.75) is 31.4 Å². The van der Waals surface area contributed by atoms with Gasteiger partial charge in [-0.1, -0.05) is 30.3 Å². The second-order valence-electron chi connectivity index (χ2n) is 4.25. The van der Waals surface area contributed by atoms with Crippen molar-refractivity contribution in [2.75, 3.05) is 7.05 Å². The minimum Gasteiger partial charge on any atom is -0.459 e. The Hall–Kier alpha value is -1.35. The van der Waals surface area contributed by atoms with E-state index in [9.17, 15) is 4.79 Å². The zero-order valence-electron chi connectivity index (χ0n) is 9.53. The lowest BCUT2D eigenvalue weighted by atomic mass is 9.77. The van der Waals surface area contributed by atoms with Crippen LogP contribution in [0.2, 0.25) is 0 Å². The number of likely N-dealkylation sites (N-methyl/N-ethyl adjacent to an activating group) is 1. The fourth-order valence-corrected chi connectivity index (χ4v) is 1.95. The van der Waals surface area contributed by atoms with Crippen LogP contribution in [0.5, 0.6) is 0 Å². The summed E-state index contributed by atoms with van der Waals surface area (Å²) in [5.74, 6) is -0.120. The van der Waals surface area contributed by atoms with Crippen LogP contribution in [-0.4, -0.2) is 18.6 Å².